The summed E-state index contributed by atoms with van der Waals surface area (Å²) in [6.07, 6.45) is 4.74. The van der Waals surface area contributed by atoms with E-state index in [1.807, 2.05) is 11.9 Å². The first-order valence-electron chi connectivity index (χ1n) is 2.51. The summed E-state index contributed by atoms with van der Waals surface area (Å²) in [6, 6.07) is 2.09. The molecular weight excluding hydrogens is 100 g/mol. The predicted octanol–water partition coefficient (Wildman–Crippen LogP) is 0.183. The molecule has 0 spiro atoms. The Kier molecular flexibility index (Phi) is 1.32. The molecule has 2 nitrogen and oxygen atoms in total. The van der Waals surface area contributed by atoms with Crippen LogP contribution < -0.4 is 0 Å². The van der Waals surface area contributed by atoms with E-state index in [2.05, 4.69) is 12.1 Å². The van der Waals surface area contributed by atoms with Gasteiger partial charge in [0.15, 0.2) is 0 Å². The lowest BCUT2D eigenvalue weighted by Crippen LogP contribution is -2.23. The van der Waals surface area contributed by atoms with E-state index in [1.165, 1.54) is 0 Å². The number of nitriles is 1. The van der Waals surface area contributed by atoms with Gasteiger partial charge in [-0.1, -0.05) is 0 Å². The summed E-state index contributed by atoms with van der Waals surface area (Å²) in [6.45, 7) is 0.790. The van der Waals surface area contributed by atoms with Gasteiger partial charge in [0.2, 0.25) is 0 Å². The molecule has 0 saturated heterocycles. The third kappa shape index (κ3) is 0.728. The number of hydrogen-bond donors (Lipinski definition) is 0. The fourth-order valence-electron chi connectivity index (χ4n) is 0.670. The maximum atomic E-state index is 8.37. The Bertz CT molecular complexity index is 143. The van der Waals surface area contributed by atoms with Crippen LogP contribution in [-0.2, 0) is 0 Å². The lowest BCUT2D eigenvalue weighted by Gasteiger charge is -2.09. The largest absolute Gasteiger partial charge is 0.284 e. The van der Waals surface area contributed by atoms with Crippen LogP contribution in [0.2, 0.25) is 0 Å². The summed E-state index contributed by atoms with van der Waals surface area (Å²) in [5.74, 6) is 0. The van der Waals surface area contributed by atoms with E-state index in [4.69, 9.17) is 5.26 Å². The Morgan fingerprint density at radius 1 is 2.00 bits per heavy atom. The van der Waals surface area contributed by atoms with Gasteiger partial charge in [0.25, 0.3) is 0 Å². The molecule has 0 aliphatic carbocycles. The molecule has 41 valence electrons. The van der Waals surface area contributed by atoms with Crippen molar-refractivity contribution in [3.8, 4) is 6.07 Å². The molecule has 0 aromatic heterocycles. The van der Waals surface area contributed by atoms with E-state index in [9.17, 15) is 0 Å². The standard InChI is InChI=1S/C6H7N2/c1-8-4-2-3-6(8)5-7/h3,6H,4H2,1H3. The molecule has 1 rings (SSSR count). The van der Waals surface area contributed by atoms with Crippen molar-refractivity contribution in [1.82, 2.24) is 4.90 Å². The second-order valence-corrected chi connectivity index (χ2v) is 1.86. The maximum Gasteiger partial charge on any atom is 0.117 e. The zero-order valence-electron chi connectivity index (χ0n) is 4.76. The van der Waals surface area contributed by atoms with Crippen LogP contribution in [0.3, 0.4) is 0 Å². The van der Waals surface area contributed by atoms with Crippen molar-refractivity contribution in [1.29, 1.82) is 5.26 Å². The number of nitrogens with zero attached hydrogens (tertiary/aromatic N) is 2. The minimum Gasteiger partial charge on any atom is -0.284 e. The molecule has 1 radical (unpaired) electrons. The van der Waals surface area contributed by atoms with E-state index in [-0.39, 0.29) is 6.04 Å². The smallest absolute Gasteiger partial charge is 0.117 e. The summed E-state index contributed by atoms with van der Waals surface area (Å²) < 4.78 is 0. The van der Waals surface area contributed by atoms with Crippen LogP contribution in [0.4, 0.5) is 0 Å². The Morgan fingerprint density at radius 2 is 2.75 bits per heavy atom. The predicted molar refractivity (Wildman–Crippen MR) is 29.8 cm³/mol. The molecular formula is C6H7N2. The van der Waals surface area contributed by atoms with Gasteiger partial charge in [0.1, 0.15) is 6.04 Å². The van der Waals surface area contributed by atoms with Gasteiger partial charge in [0, 0.05) is 6.54 Å². The van der Waals surface area contributed by atoms with Crippen molar-refractivity contribution < 1.29 is 0 Å². The highest BCUT2D eigenvalue weighted by Gasteiger charge is 2.13. The number of rotatable bonds is 0. The van der Waals surface area contributed by atoms with Crippen LogP contribution in [0.15, 0.2) is 6.08 Å². The summed E-state index contributed by atoms with van der Waals surface area (Å²) in [5, 5.41) is 8.37. The normalized spacial score (nSPS) is 28.2. The third-order valence-electron chi connectivity index (χ3n) is 1.22. The summed E-state index contributed by atoms with van der Waals surface area (Å²) in [4.78, 5) is 1.93. The molecule has 8 heavy (non-hydrogen) atoms. The van der Waals surface area contributed by atoms with Gasteiger partial charge in [0.05, 0.1) is 6.07 Å². The van der Waals surface area contributed by atoms with Crippen LogP contribution in [0, 0.1) is 17.4 Å². The molecule has 1 atom stereocenters. The van der Waals surface area contributed by atoms with Gasteiger partial charge in [-0.25, -0.2) is 0 Å². The van der Waals surface area contributed by atoms with Gasteiger partial charge in [-0.15, -0.1) is 0 Å². The minimum absolute atomic E-state index is 0.0324. The Balaban J connectivity index is 2.57. The monoisotopic (exact) mass is 107 g/mol. The van der Waals surface area contributed by atoms with Crippen molar-refractivity contribution in [3.63, 3.8) is 0 Å². The summed E-state index contributed by atoms with van der Waals surface area (Å²) in [5.41, 5.74) is 0. The highest BCUT2D eigenvalue weighted by molar-refractivity contribution is 5.09. The van der Waals surface area contributed by atoms with E-state index in [1.54, 1.807) is 6.08 Å². The first-order chi connectivity index (χ1) is 3.84. The quantitative estimate of drug-likeness (QED) is 0.441. The van der Waals surface area contributed by atoms with Gasteiger partial charge in [-0.05, 0) is 19.2 Å². The van der Waals surface area contributed by atoms with Gasteiger partial charge >= 0.3 is 0 Å². The summed E-state index contributed by atoms with van der Waals surface area (Å²) >= 11 is 0. The lowest BCUT2D eigenvalue weighted by molar-refractivity contribution is 0.380. The lowest BCUT2D eigenvalue weighted by atomic mass is 10.3. The van der Waals surface area contributed by atoms with E-state index in [0.717, 1.165) is 6.54 Å². The zero-order valence-corrected chi connectivity index (χ0v) is 4.76. The minimum atomic E-state index is -0.0324. The molecule has 0 fully saturated rings. The Hall–Kier alpha value is -0.810. The van der Waals surface area contributed by atoms with Crippen molar-refractivity contribution >= 4 is 0 Å². The molecule has 0 amide bonds. The van der Waals surface area contributed by atoms with Crippen molar-refractivity contribution in [2.45, 2.75) is 6.04 Å². The number of hydrogen-bond acceptors (Lipinski definition) is 2. The van der Waals surface area contributed by atoms with Crippen LogP contribution in [0.5, 0.6) is 0 Å². The van der Waals surface area contributed by atoms with Crippen molar-refractivity contribution in [2.75, 3.05) is 13.6 Å². The Labute approximate surface area is 49.0 Å². The van der Waals surface area contributed by atoms with Gasteiger partial charge in [-0.3, -0.25) is 4.90 Å². The maximum absolute atomic E-state index is 8.37. The molecule has 1 aliphatic rings. The van der Waals surface area contributed by atoms with Crippen molar-refractivity contribution in [3.05, 3.63) is 12.2 Å². The SMILES string of the molecule is CN1C[C]=CC1C#N. The topological polar surface area (TPSA) is 27.0 Å². The van der Waals surface area contributed by atoms with E-state index >= 15 is 0 Å². The van der Waals surface area contributed by atoms with Crippen LogP contribution in [-0.4, -0.2) is 24.5 Å². The molecule has 1 heterocycles. The molecule has 0 aromatic rings. The van der Waals surface area contributed by atoms with Crippen LogP contribution in [0.1, 0.15) is 0 Å². The molecule has 1 unspecified atom stereocenters. The number of likely N-dealkylation sites (N-methyl/N-ethyl adjacent to an activating group) is 1. The fraction of sp³-hybridized carbons (Fsp3) is 0.500. The highest BCUT2D eigenvalue weighted by Crippen LogP contribution is 2.02. The third-order valence-corrected chi connectivity index (χ3v) is 1.22. The van der Waals surface area contributed by atoms with Gasteiger partial charge in [-0.2, -0.15) is 5.26 Å². The molecule has 0 saturated carbocycles. The van der Waals surface area contributed by atoms with E-state index in [0.29, 0.717) is 0 Å². The average molecular weight is 107 g/mol. The van der Waals surface area contributed by atoms with Crippen LogP contribution >= 0.6 is 0 Å². The molecule has 2 heteroatoms. The highest BCUT2D eigenvalue weighted by atomic mass is 15.1. The molecule has 0 bridgehead atoms. The molecule has 0 aromatic carbocycles. The summed E-state index contributed by atoms with van der Waals surface area (Å²) in [7, 11) is 1.91. The first kappa shape index (κ1) is 5.33. The van der Waals surface area contributed by atoms with E-state index < -0.39 is 0 Å². The second kappa shape index (κ2) is 1.97. The molecule has 0 N–H and O–H groups in total. The van der Waals surface area contributed by atoms with Gasteiger partial charge < -0.3 is 0 Å². The zero-order chi connectivity index (χ0) is 5.98. The van der Waals surface area contributed by atoms with Crippen LogP contribution in [0.25, 0.3) is 0 Å². The Morgan fingerprint density at radius 3 is 3.00 bits per heavy atom. The fourth-order valence-corrected chi connectivity index (χ4v) is 0.670. The van der Waals surface area contributed by atoms with Crippen molar-refractivity contribution in [2.24, 2.45) is 0 Å². The second-order valence-electron chi connectivity index (χ2n) is 1.86. The molecule has 1 aliphatic heterocycles. The average Bonchev–Trinajstić information content (AvgIpc) is 2.14. The first-order valence-corrected chi connectivity index (χ1v) is 2.51.